The van der Waals surface area contributed by atoms with Crippen LogP contribution in [-0.4, -0.2) is 47.5 Å². The van der Waals surface area contributed by atoms with Crippen LogP contribution in [0.4, 0.5) is 11.4 Å². The molecule has 0 fully saturated rings. The van der Waals surface area contributed by atoms with Crippen molar-refractivity contribution in [2.45, 2.75) is 64.5 Å². The van der Waals surface area contributed by atoms with Crippen molar-refractivity contribution in [3.8, 4) is 0 Å². The standard InChI is InChI=1S/C42H46N4O4S2/c1-3-5-24-49-39(47)36(26-29-16-9-7-10-17-29)44-41(51)43-35-23-15-22-33-34(35)28-31-20-13-14-21-32(31)38(33)46-42(52)45-37(40(48)50-25-6-4-2)27-30-18-11-8-12-19-30/h7-23,28,36-37H,3-6,24-27H2,1-2H3,(H2,43,44,51)(H2,45,46,52). The van der Waals surface area contributed by atoms with E-state index in [4.69, 9.17) is 33.9 Å². The smallest absolute Gasteiger partial charge is 0.328 e. The Balaban J connectivity index is 1.39. The second-order valence-corrected chi connectivity index (χ2v) is 13.4. The minimum atomic E-state index is -0.682. The highest BCUT2D eigenvalue weighted by Gasteiger charge is 2.24. The number of thiocarbonyl (C=S) groups is 2. The number of rotatable bonds is 16. The normalized spacial score (nSPS) is 12.0. The molecule has 0 aliphatic rings. The Morgan fingerprint density at radius 1 is 0.596 bits per heavy atom. The second-order valence-electron chi connectivity index (χ2n) is 12.6. The molecule has 0 aromatic heterocycles. The summed E-state index contributed by atoms with van der Waals surface area (Å²) >= 11 is 11.6. The largest absolute Gasteiger partial charge is 0.464 e. The van der Waals surface area contributed by atoms with E-state index in [-0.39, 0.29) is 11.9 Å². The molecular weight excluding hydrogens is 689 g/mol. The summed E-state index contributed by atoms with van der Waals surface area (Å²) in [5.41, 5.74) is 3.52. The molecule has 5 rings (SSSR count). The highest BCUT2D eigenvalue weighted by molar-refractivity contribution is 7.80. The van der Waals surface area contributed by atoms with Crippen molar-refractivity contribution in [1.29, 1.82) is 0 Å². The van der Waals surface area contributed by atoms with Crippen LogP contribution in [0.15, 0.2) is 109 Å². The SMILES string of the molecule is CCCCOC(=O)C(Cc1ccccc1)NC(=S)Nc1cccc2c(NC(=S)NC(Cc3ccccc3)C(=O)OCCCC)c3ccccc3cc12. The summed E-state index contributed by atoms with van der Waals surface area (Å²) in [5.74, 6) is -0.700. The lowest BCUT2D eigenvalue weighted by Gasteiger charge is -2.22. The average molecular weight is 735 g/mol. The molecule has 5 aromatic rings. The summed E-state index contributed by atoms with van der Waals surface area (Å²) in [6, 6.07) is 34.3. The van der Waals surface area contributed by atoms with Crippen molar-refractivity contribution in [3.63, 3.8) is 0 Å². The van der Waals surface area contributed by atoms with Gasteiger partial charge in [0, 0.05) is 34.7 Å². The predicted octanol–water partition coefficient (Wildman–Crippen LogP) is 8.48. The van der Waals surface area contributed by atoms with Gasteiger partial charge in [-0.05, 0) is 65.9 Å². The fourth-order valence-electron chi connectivity index (χ4n) is 5.88. The van der Waals surface area contributed by atoms with Crippen molar-refractivity contribution in [1.82, 2.24) is 10.6 Å². The number of unbranched alkanes of at least 4 members (excludes halogenated alkanes) is 2. The van der Waals surface area contributed by atoms with Crippen LogP contribution in [0.5, 0.6) is 0 Å². The molecule has 0 amide bonds. The van der Waals surface area contributed by atoms with E-state index in [2.05, 4.69) is 41.2 Å². The molecule has 0 heterocycles. The van der Waals surface area contributed by atoms with Gasteiger partial charge in [-0.15, -0.1) is 0 Å². The molecule has 52 heavy (non-hydrogen) atoms. The molecule has 8 nitrogen and oxygen atoms in total. The van der Waals surface area contributed by atoms with E-state index < -0.39 is 12.1 Å². The van der Waals surface area contributed by atoms with E-state index in [0.717, 1.165) is 69.7 Å². The average Bonchev–Trinajstić information content (AvgIpc) is 3.15. The molecule has 0 bridgehead atoms. The highest BCUT2D eigenvalue weighted by Crippen LogP contribution is 2.36. The Bertz CT molecular complexity index is 1970. The van der Waals surface area contributed by atoms with Gasteiger partial charge in [-0.1, -0.05) is 124 Å². The molecule has 0 aliphatic carbocycles. The first-order valence-corrected chi connectivity index (χ1v) is 18.7. The fraction of sp³-hybridized carbons (Fsp3) is 0.286. The first kappa shape index (κ1) is 38.2. The molecule has 0 saturated heterocycles. The number of hydrogen-bond donors (Lipinski definition) is 4. The first-order valence-electron chi connectivity index (χ1n) is 17.9. The van der Waals surface area contributed by atoms with Crippen molar-refractivity contribution in [2.75, 3.05) is 23.8 Å². The number of carbonyl (C=O) groups excluding carboxylic acids is 2. The van der Waals surface area contributed by atoms with Gasteiger partial charge in [0.25, 0.3) is 0 Å². The third kappa shape index (κ3) is 10.7. The van der Waals surface area contributed by atoms with Gasteiger partial charge in [0.15, 0.2) is 10.2 Å². The molecular formula is C42H46N4O4S2. The van der Waals surface area contributed by atoms with Crippen LogP contribution in [0.2, 0.25) is 0 Å². The topological polar surface area (TPSA) is 101 Å². The minimum Gasteiger partial charge on any atom is -0.464 e. The summed E-state index contributed by atoms with van der Waals surface area (Å²) in [6.45, 7) is 4.83. The maximum absolute atomic E-state index is 13.2. The molecule has 5 aromatic carbocycles. The second kappa shape index (κ2) is 19.5. The molecule has 0 saturated carbocycles. The number of carbonyl (C=O) groups is 2. The quantitative estimate of drug-likeness (QED) is 0.0342. The lowest BCUT2D eigenvalue weighted by molar-refractivity contribution is -0.146. The van der Waals surface area contributed by atoms with Crippen LogP contribution in [-0.2, 0) is 31.9 Å². The first-order chi connectivity index (χ1) is 25.4. The third-order valence-corrected chi connectivity index (χ3v) is 9.06. The third-order valence-electron chi connectivity index (χ3n) is 8.62. The van der Waals surface area contributed by atoms with Gasteiger partial charge in [0.2, 0.25) is 0 Å². The minimum absolute atomic E-state index is 0.297. The Hall–Kier alpha value is -5.06. The van der Waals surface area contributed by atoms with Gasteiger partial charge >= 0.3 is 11.9 Å². The van der Waals surface area contributed by atoms with E-state index in [1.54, 1.807) is 0 Å². The van der Waals surface area contributed by atoms with E-state index in [9.17, 15) is 9.59 Å². The van der Waals surface area contributed by atoms with Crippen LogP contribution in [0.3, 0.4) is 0 Å². The number of hydrogen-bond acceptors (Lipinski definition) is 6. The number of ether oxygens (including phenoxy) is 2. The molecule has 0 radical (unpaired) electrons. The molecule has 270 valence electrons. The van der Waals surface area contributed by atoms with Crippen LogP contribution in [0.25, 0.3) is 21.5 Å². The van der Waals surface area contributed by atoms with Gasteiger partial charge in [-0.25, -0.2) is 9.59 Å². The van der Waals surface area contributed by atoms with E-state index in [1.165, 1.54) is 0 Å². The number of fused-ring (bicyclic) bond motifs is 2. The summed E-state index contributed by atoms with van der Waals surface area (Å²) < 4.78 is 11.2. The highest BCUT2D eigenvalue weighted by atomic mass is 32.1. The maximum Gasteiger partial charge on any atom is 0.328 e. The number of nitrogens with one attached hydrogen (secondary N) is 4. The van der Waals surface area contributed by atoms with E-state index in [1.807, 2.05) is 103 Å². The van der Waals surface area contributed by atoms with E-state index in [0.29, 0.717) is 36.3 Å². The van der Waals surface area contributed by atoms with Gasteiger partial charge < -0.3 is 30.7 Å². The Morgan fingerprint density at radius 3 is 1.65 bits per heavy atom. The summed E-state index contributed by atoms with van der Waals surface area (Å²) in [4.78, 5) is 26.4. The molecule has 0 spiro atoms. The van der Waals surface area contributed by atoms with Crippen molar-refractivity contribution in [3.05, 3.63) is 120 Å². The predicted molar refractivity (Wildman–Crippen MR) is 220 cm³/mol. The molecule has 10 heteroatoms. The molecule has 2 unspecified atom stereocenters. The van der Waals surface area contributed by atoms with E-state index >= 15 is 0 Å². The number of anilines is 2. The van der Waals surface area contributed by atoms with Crippen LogP contribution >= 0.6 is 24.4 Å². The number of esters is 2. The Labute approximate surface area is 316 Å². The van der Waals surface area contributed by atoms with Crippen LogP contribution in [0, 0.1) is 0 Å². The van der Waals surface area contributed by atoms with Crippen molar-refractivity contribution >= 4 is 79.5 Å². The van der Waals surface area contributed by atoms with Gasteiger partial charge in [0.1, 0.15) is 12.1 Å². The van der Waals surface area contributed by atoms with Crippen LogP contribution < -0.4 is 21.3 Å². The van der Waals surface area contributed by atoms with Gasteiger partial charge in [0.05, 0.1) is 18.9 Å². The van der Waals surface area contributed by atoms with Gasteiger partial charge in [-0.2, -0.15) is 0 Å². The van der Waals surface area contributed by atoms with Crippen molar-refractivity contribution in [2.24, 2.45) is 0 Å². The van der Waals surface area contributed by atoms with Crippen LogP contribution in [0.1, 0.15) is 50.7 Å². The summed E-state index contributed by atoms with van der Waals surface area (Å²) in [6.07, 6.45) is 4.28. The zero-order valence-electron chi connectivity index (χ0n) is 29.7. The van der Waals surface area contributed by atoms with Gasteiger partial charge in [-0.3, -0.25) is 0 Å². The van der Waals surface area contributed by atoms with Crippen molar-refractivity contribution < 1.29 is 19.1 Å². The maximum atomic E-state index is 13.2. The number of benzene rings is 5. The lowest BCUT2D eigenvalue weighted by atomic mass is 9.99. The molecule has 4 N–H and O–H groups in total. The monoisotopic (exact) mass is 734 g/mol. The summed E-state index contributed by atoms with van der Waals surface area (Å²) in [5, 5.41) is 17.5. The summed E-state index contributed by atoms with van der Waals surface area (Å²) in [7, 11) is 0. The molecule has 0 aliphatic heterocycles. The molecule has 2 atom stereocenters. The Kier molecular flexibility index (Phi) is 14.3. The Morgan fingerprint density at radius 2 is 1.10 bits per heavy atom. The zero-order chi connectivity index (χ0) is 36.7. The zero-order valence-corrected chi connectivity index (χ0v) is 31.3. The fourth-order valence-corrected chi connectivity index (χ4v) is 6.38. The lowest BCUT2D eigenvalue weighted by Crippen LogP contribution is -2.45.